The number of carbonyl (C=O) groups excluding carboxylic acids is 1. The third-order valence-corrected chi connectivity index (χ3v) is 5.63. The van der Waals surface area contributed by atoms with Gasteiger partial charge in [-0.05, 0) is 32.0 Å². The lowest BCUT2D eigenvalue weighted by Gasteiger charge is -2.18. The molecule has 0 radical (unpaired) electrons. The summed E-state index contributed by atoms with van der Waals surface area (Å²) in [7, 11) is 0. The van der Waals surface area contributed by atoms with E-state index in [-0.39, 0.29) is 43.2 Å². The van der Waals surface area contributed by atoms with Crippen LogP contribution in [0.5, 0.6) is 5.88 Å². The highest BCUT2D eigenvalue weighted by Crippen LogP contribution is 2.42. The molecule has 0 atom stereocenters. The Bertz CT molecular complexity index is 1380. The molecule has 0 saturated heterocycles. The molecule has 9 nitrogen and oxygen atoms in total. The number of aliphatic hydroxyl groups excluding tert-OH is 1. The number of anilines is 1. The average molecular weight is 448 g/mol. The van der Waals surface area contributed by atoms with Crippen molar-refractivity contribution in [1.29, 1.82) is 0 Å². The molecule has 4 aromatic rings. The van der Waals surface area contributed by atoms with Crippen molar-refractivity contribution < 1.29 is 19.0 Å². The Morgan fingerprint density at radius 3 is 2.79 bits per heavy atom. The summed E-state index contributed by atoms with van der Waals surface area (Å²) in [6.45, 7) is 3.48. The SMILES string of the molecule is CC1(C)C(=O)Nc2nc(-c3nn(Cc4ccccc4F)c4ncccc34)nc(OCCO)c21. The molecular weight excluding hydrogens is 427 g/mol. The number of hydrogen-bond donors (Lipinski definition) is 2. The van der Waals surface area contributed by atoms with E-state index >= 15 is 0 Å². The molecule has 33 heavy (non-hydrogen) atoms. The van der Waals surface area contributed by atoms with E-state index in [1.54, 1.807) is 49.0 Å². The highest BCUT2D eigenvalue weighted by Gasteiger charge is 2.43. The third-order valence-electron chi connectivity index (χ3n) is 5.63. The molecule has 5 rings (SSSR count). The number of carbonyl (C=O) groups is 1. The Morgan fingerprint density at radius 1 is 1.18 bits per heavy atom. The number of aromatic nitrogens is 5. The first-order valence-electron chi connectivity index (χ1n) is 10.4. The standard InChI is InChI=1S/C23H21FN6O3/c1-23(2)16-18(28-22(23)32)26-19(27-21(16)33-11-10-31)17-14-7-5-9-25-20(14)30(29-17)12-13-6-3-4-8-15(13)24/h3-9,31H,10-12H2,1-2H3,(H,26,27,28,32). The van der Waals surface area contributed by atoms with Crippen LogP contribution in [0.4, 0.5) is 10.2 Å². The second-order valence-corrected chi connectivity index (χ2v) is 8.20. The molecule has 1 aromatic carbocycles. The number of nitrogens with zero attached hydrogens (tertiary/aromatic N) is 5. The third kappa shape index (κ3) is 3.48. The number of fused-ring (bicyclic) bond motifs is 2. The van der Waals surface area contributed by atoms with Gasteiger partial charge >= 0.3 is 0 Å². The van der Waals surface area contributed by atoms with E-state index in [1.165, 1.54) is 6.07 Å². The zero-order chi connectivity index (χ0) is 23.2. The zero-order valence-electron chi connectivity index (χ0n) is 18.0. The fourth-order valence-electron chi connectivity index (χ4n) is 3.90. The summed E-state index contributed by atoms with van der Waals surface area (Å²) < 4.78 is 21.5. The van der Waals surface area contributed by atoms with Crippen LogP contribution in [0.2, 0.25) is 0 Å². The fraction of sp³-hybridized carbons (Fsp3) is 0.261. The minimum Gasteiger partial charge on any atom is -0.475 e. The summed E-state index contributed by atoms with van der Waals surface area (Å²) in [4.78, 5) is 26.1. The van der Waals surface area contributed by atoms with Gasteiger partial charge < -0.3 is 15.2 Å². The Hall–Kier alpha value is -3.92. The van der Waals surface area contributed by atoms with Crippen LogP contribution in [0, 0.1) is 5.82 Å². The highest BCUT2D eigenvalue weighted by molar-refractivity contribution is 6.05. The molecule has 2 N–H and O–H groups in total. The number of benzene rings is 1. The van der Waals surface area contributed by atoms with Crippen molar-refractivity contribution in [3.05, 3.63) is 59.5 Å². The Morgan fingerprint density at radius 2 is 2.00 bits per heavy atom. The van der Waals surface area contributed by atoms with Crippen LogP contribution in [0.3, 0.4) is 0 Å². The topological polar surface area (TPSA) is 115 Å². The number of nitrogens with one attached hydrogen (secondary N) is 1. The summed E-state index contributed by atoms with van der Waals surface area (Å²) in [5, 5.41) is 17.3. The summed E-state index contributed by atoms with van der Waals surface area (Å²) in [5.41, 5.74) is 1.06. The van der Waals surface area contributed by atoms with Gasteiger partial charge in [0.15, 0.2) is 11.5 Å². The number of aliphatic hydroxyl groups is 1. The summed E-state index contributed by atoms with van der Waals surface area (Å²) >= 11 is 0. The predicted octanol–water partition coefficient (Wildman–Crippen LogP) is 2.68. The van der Waals surface area contributed by atoms with Crippen LogP contribution in [0.15, 0.2) is 42.6 Å². The van der Waals surface area contributed by atoms with E-state index in [4.69, 9.17) is 4.74 Å². The molecule has 0 unspecified atom stereocenters. The first-order chi connectivity index (χ1) is 15.9. The second-order valence-electron chi connectivity index (χ2n) is 8.20. The molecule has 3 aromatic heterocycles. The molecule has 0 aliphatic carbocycles. The lowest BCUT2D eigenvalue weighted by molar-refractivity contribution is -0.119. The summed E-state index contributed by atoms with van der Waals surface area (Å²) in [6, 6.07) is 10.1. The molecule has 0 spiro atoms. The van der Waals surface area contributed by atoms with E-state index in [9.17, 15) is 14.3 Å². The second kappa shape index (κ2) is 7.89. The minimum absolute atomic E-state index is 0.0111. The molecule has 168 valence electrons. The maximum Gasteiger partial charge on any atom is 0.235 e. The largest absolute Gasteiger partial charge is 0.475 e. The quantitative estimate of drug-likeness (QED) is 0.466. The predicted molar refractivity (Wildman–Crippen MR) is 118 cm³/mol. The molecule has 0 bridgehead atoms. The highest BCUT2D eigenvalue weighted by atomic mass is 19.1. The lowest BCUT2D eigenvalue weighted by Crippen LogP contribution is -2.27. The monoisotopic (exact) mass is 448 g/mol. The summed E-state index contributed by atoms with van der Waals surface area (Å²) in [5.74, 6) is 0.202. The maximum absolute atomic E-state index is 14.3. The van der Waals surface area contributed by atoms with Gasteiger partial charge in [0.25, 0.3) is 0 Å². The van der Waals surface area contributed by atoms with Crippen molar-refractivity contribution in [3.63, 3.8) is 0 Å². The van der Waals surface area contributed by atoms with Gasteiger partial charge in [-0.3, -0.25) is 4.79 Å². The van der Waals surface area contributed by atoms with E-state index < -0.39 is 5.41 Å². The van der Waals surface area contributed by atoms with Gasteiger partial charge in [0.1, 0.15) is 23.9 Å². The van der Waals surface area contributed by atoms with E-state index in [1.807, 2.05) is 6.07 Å². The van der Waals surface area contributed by atoms with E-state index in [0.29, 0.717) is 33.7 Å². The van der Waals surface area contributed by atoms with Crippen LogP contribution < -0.4 is 10.1 Å². The first kappa shape index (κ1) is 21.0. The number of hydrogen-bond acceptors (Lipinski definition) is 7. The van der Waals surface area contributed by atoms with Crippen molar-refractivity contribution in [2.45, 2.75) is 25.8 Å². The van der Waals surface area contributed by atoms with Gasteiger partial charge in [-0.2, -0.15) is 10.1 Å². The first-order valence-corrected chi connectivity index (χ1v) is 10.4. The van der Waals surface area contributed by atoms with Crippen LogP contribution in [0.25, 0.3) is 22.6 Å². The Balaban J connectivity index is 1.67. The van der Waals surface area contributed by atoms with Crippen molar-refractivity contribution in [3.8, 4) is 17.4 Å². The number of rotatable bonds is 6. The lowest BCUT2D eigenvalue weighted by atomic mass is 9.87. The van der Waals surface area contributed by atoms with Gasteiger partial charge in [0, 0.05) is 11.8 Å². The molecule has 0 fully saturated rings. The number of pyridine rings is 1. The smallest absolute Gasteiger partial charge is 0.235 e. The van der Waals surface area contributed by atoms with Crippen LogP contribution in [-0.2, 0) is 16.8 Å². The van der Waals surface area contributed by atoms with Gasteiger partial charge in [-0.1, -0.05) is 18.2 Å². The van der Waals surface area contributed by atoms with Crippen LogP contribution in [-0.4, -0.2) is 49.0 Å². The average Bonchev–Trinajstić information content (AvgIpc) is 3.28. The van der Waals surface area contributed by atoms with Gasteiger partial charge in [0.2, 0.25) is 11.8 Å². The molecule has 1 aliphatic rings. The van der Waals surface area contributed by atoms with Gasteiger partial charge in [0.05, 0.1) is 29.5 Å². The minimum atomic E-state index is -0.896. The van der Waals surface area contributed by atoms with Crippen molar-refractivity contribution >= 4 is 22.8 Å². The van der Waals surface area contributed by atoms with E-state index in [0.717, 1.165) is 0 Å². The van der Waals surface area contributed by atoms with Crippen molar-refractivity contribution in [2.24, 2.45) is 0 Å². The van der Waals surface area contributed by atoms with Crippen molar-refractivity contribution in [1.82, 2.24) is 24.7 Å². The molecular formula is C23H21FN6O3. The van der Waals surface area contributed by atoms with Gasteiger partial charge in [-0.25, -0.2) is 19.0 Å². The van der Waals surface area contributed by atoms with E-state index in [2.05, 4.69) is 25.4 Å². The maximum atomic E-state index is 14.3. The van der Waals surface area contributed by atoms with Gasteiger partial charge in [-0.15, -0.1) is 0 Å². The number of amides is 1. The molecule has 4 heterocycles. The number of ether oxygens (including phenoxy) is 1. The number of halogens is 1. The summed E-state index contributed by atoms with van der Waals surface area (Å²) in [6.07, 6.45) is 1.63. The Labute approximate surface area is 188 Å². The molecule has 1 aliphatic heterocycles. The zero-order valence-corrected chi connectivity index (χ0v) is 18.0. The molecule has 10 heteroatoms. The fourth-order valence-corrected chi connectivity index (χ4v) is 3.90. The van der Waals surface area contributed by atoms with Crippen LogP contribution in [0.1, 0.15) is 25.0 Å². The normalized spacial score (nSPS) is 14.4. The molecule has 1 amide bonds. The Kier molecular flexibility index (Phi) is 5.01. The van der Waals surface area contributed by atoms with Crippen LogP contribution >= 0.6 is 0 Å². The van der Waals surface area contributed by atoms with Crippen molar-refractivity contribution in [2.75, 3.05) is 18.5 Å². The molecule has 0 saturated carbocycles.